The number of hydrogen-bond acceptors (Lipinski definition) is 4. The molecule has 2 aromatic heterocycles. The number of aliphatic hydroxyl groups is 1. The Morgan fingerprint density at radius 2 is 2.21 bits per heavy atom. The lowest BCUT2D eigenvalue weighted by Gasteiger charge is -2.02. The number of thiophene rings is 1. The highest BCUT2D eigenvalue weighted by Gasteiger charge is 2.02. The van der Waals surface area contributed by atoms with Crippen LogP contribution in [0.1, 0.15) is 21.9 Å². The molecule has 0 spiro atoms. The molecule has 1 N–H and O–H groups in total. The van der Waals surface area contributed by atoms with Gasteiger partial charge in [-0.1, -0.05) is 11.8 Å². The standard InChI is InChI=1S/C14H14N2O2S/c1-11-5-8-14(18)16(15-11)10-13-7-6-12(19-13)4-2-3-9-17/h5-8,17H,3,9-10H2,1H3. The van der Waals surface area contributed by atoms with Crippen molar-refractivity contribution in [1.82, 2.24) is 9.78 Å². The minimum Gasteiger partial charge on any atom is -0.395 e. The van der Waals surface area contributed by atoms with Gasteiger partial charge in [-0.05, 0) is 25.1 Å². The van der Waals surface area contributed by atoms with Crippen LogP contribution in [0.4, 0.5) is 0 Å². The van der Waals surface area contributed by atoms with Crippen LogP contribution in [-0.2, 0) is 6.54 Å². The average molecular weight is 274 g/mol. The van der Waals surface area contributed by atoms with Crippen molar-refractivity contribution in [2.75, 3.05) is 6.61 Å². The molecule has 0 aliphatic carbocycles. The molecule has 0 saturated heterocycles. The average Bonchev–Trinajstić information content (AvgIpc) is 2.82. The molecular formula is C14H14N2O2S. The fourth-order valence-corrected chi connectivity index (χ4v) is 2.41. The van der Waals surface area contributed by atoms with Crippen LogP contribution in [0.3, 0.4) is 0 Å². The Kier molecular flexibility index (Phi) is 4.50. The largest absolute Gasteiger partial charge is 0.395 e. The van der Waals surface area contributed by atoms with Crippen LogP contribution in [0.2, 0.25) is 0 Å². The van der Waals surface area contributed by atoms with E-state index < -0.39 is 0 Å². The van der Waals surface area contributed by atoms with Gasteiger partial charge in [0.15, 0.2) is 0 Å². The number of rotatable bonds is 3. The maximum Gasteiger partial charge on any atom is 0.267 e. The van der Waals surface area contributed by atoms with Crippen LogP contribution < -0.4 is 5.56 Å². The van der Waals surface area contributed by atoms with Gasteiger partial charge in [-0.15, -0.1) is 11.3 Å². The Hall–Kier alpha value is -1.90. The zero-order chi connectivity index (χ0) is 13.7. The number of aryl methyl sites for hydroxylation is 1. The highest BCUT2D eigenvalue weighted by atomic mass is 32.1. The summed E-state index contributed by atoms with van der Waals surface area (Å²) in [6, 6.07) is 7.10. The van der Waals surface area contributed by atoms with Gasteiger partial charge < -0.3 is 5.11 Å². The summed E-state index contributed by atoms with van der Waals surface area (Å²) >= 11 is 1.54. The normalized spacial score (nSPS) is 10.0. The van der Waals surface area contributed by atoms with Crippen molar-refractivity contribution in [3.63, 3.8) is 0 Å². The molecule has 0 fully saturated rings. The fourth-order valence-electron chi connectivity index (χ4n) is 1.55. The van der Waals surface area contributed by atoms with Crippen molar-refractivity contribution in [3.8, 4) is 11.8 Å². The first-order valence-corrected chi connectivity index (χ1v) is 6.74. The molecule has 5 heteroatoms. The predicted molar refractivity (Wildman–Crippen MR) is 75.2 cm³/mol. The van der Waals surface area contributed by atoms with E-state index in [1.807, 2.05) is 19.1 Å². The van der Waals surface area contributed by atoms with Crippen LogP contribution in [0.15, 0.2) is 29.1 Å². The quantitative estimate of drug-likeness (QED) is 0.861. The summed E-state index contributed by atoms with van der Waals surface area (Å²) < 4.78 is 1.45. The summed E-state index contributed by atoms with van der Waals surface area (Å²) in [6.07, 6.45) is 0.478. The van der Waals surface area contributed by atoms with E-state index in [0.29, 0.717) is 13.0 Å². The summed E-state index contributed by atoms with van der Waals surface area (Å²) in [5.74, 6) is 5.85. The van der Waals surface area contributed by atoms with Gasteiger partial charge in [0.05, 0.1) is 23.7 Å². The lowest BCUT2D eigenvalue weighted by molar-refractivity contribution is 0.305. The second-order valence-electron chi connectivity index (χ2n) is 4.01. The maximum atomic E-state index is 11.6. The van der Waals surface area contributed by atoms with E-state index in [0.717, 1.165) is 15.4 Å². The molecule has 2 aromatic rings. The second kappa shape index (κ2) is 6.32. The first kappa shape index (κ1) is 13.5. The molecule has 2 heterocycles. The molecular weight excluding hydrogens is 260 g/mol. The zero-order valence-corrected chi connectivity index (χ0v) is 11.4. The summed E-state index contributed by atoms with van der Waals surface area (Å²) in [4.78, 5) is 13.6. The Morgan fingerprint density at radius 3 is 3.00 bits per heavy atom. The number of aliphatic hydroxyl groups excluding tert-OH is 1. The van der Waals surface area contributed by atoms with Crippen molar-refractivity contribution < 1.29 is 5.11 Å². The van der Waals surface area contributed by atoms with E-state index in [1.54, 1.807) is 6.07 Å². The topological polar surface area (TPSA) is 55.1 Å². The maximum absolute atomic E-state index is 11.6. The summed E-state index contributed by atoms with van der Waals surface area (Å²) in [7, 11) is 0. The molecule has 0 amide bonds. The monoisotopic (exact) mass is 274 g/mol. The van der Waals surface area contributed by atoms with Crippen molar-refractivity contribution in [2.24, 2.45) is 0 Å². The summed E-state index contributed by atoms with van der Waals surface area (Å²) in [5, 5.41) is 12.8. The molecule has 0 saturated carbocycles. The molecule has 19 heavy (non-hydrogen) atoms. The van der Waals surface area contributed by atoms with Crippen molar-refractivity contribution in [1.29, 1.82) is 0 Å². The van der Waals surface area contributed by atoms with Gasteiger partial charge in [-0.2, -0.15) is 5.10 Å². The van der Waals surface area contributed by atoms with Gasteiger partial charge in [0.25, 0.3) is 5.56 Å². The van der Waals surface area contributed by atoms with E-state index in [9.17, 15) is 4.79 Å². The fraction of sp³-hybridized carbons (Fsp3) is 0.286. The van der Waals surface area contributed by atoms with Gasteiger partial charge in [0.1, 0.15) is 0 Å². The van der Waals surface area contributed by atoms with E-state index in [2.05, 4.69) is 16.9 Å². The second-order valence-corrected chi connectivity index (χ2v) is 5.18. The highest BCUT2D eigenvalue weighted by molar-refractivity contribution is 7.12. The molecule has 0 aliphatic rings. The van der Waals surface area contributed by atoms with Crippen LogP contribution in [0.25, 0.3) is 0 Å². The number of aromatic nitrogens is 2. The van der Waals surface area contributed by atoms with E-state index in [1.165, 1.54) is 22.1 Å². The Labute approximate surface area is 115 Å². The van der Waals surface area contributed by atoms with Crippen LogP contribution in [-0.4, -0.2) is 21.5 Å². The van der Waals surface area contributed by atoms with Gasteiger partial charge in [-0.3, -0.25) is 4.79 Å². The predicted octanol–water partition coefficient (Wildman–Crippen LogP) is 1.40. The van der Waals surface area contributed by atoms with Crippen LogP contribution in [0.5, 0.6) is 0 Å². The van der Waals surface area contributed by atoms with Crippen LogP contribution >= 0.6 is 11.3 Å². The van der Waals surface area contributed by atoms with E-state index in [4.69, 9.17) is 5.11 Å². The summed E-state index contributed by atoms with van der Waals surface area (Å²) in [5.41, 5.74) is 0.714. The molecule has 0 aromatic carbocycles. The Balaban J connectivity index is 2.14. The Bertz CT molecular complexity index is 676. The minimum atomic E-state index is -0.105. The van der Waals surface area contributed by atoms with Gasteiger partial charge in [0, 0.05) is 17.4 Å². The smallest absolute Gasteiger partial charge is 0.267 e. The Morgan fingerprint density at radius 1 is 1.37 bits per heavy atom. The third-order valence-electron chi connectivity index (χ3n) is 2.42. The number of hydrogen-bond donors (Lipinski definition) is 1. The van der Waals surface area contributed by atoms with E-state index in [-0.39, 0.29) is 12.2 Å². The van der Waals surface area contributed by atoms with Crippen LogP contribution in [0, 0.1) is 18.8 Å². The molecule has 98 valence electrons. The highest BCUT2D eigenvalue weighted by Crippen LogP contribution is 2.15. The SMILES string of the molecule is Cc1ccc(=O)n(Cc2ccc(C#CCCO)s2)n1. The molecule has 4 nitrogen and oxygen atoms in total. The van der Waals surface area contributed by atoms with Crippen molar-refractivity contribution >= 4 is 11.3 Å². The van der Waals surface area contributed by atoms with Crippen molar-refractivity contribution in [2.45, 2.75) is 19.9 Å². The minimum absolute atomic E-state index is 0.0772. The van der Waals surface area contributed by atoms with Gasteiger partial charge in [0.2, 0.25) is 0 Å². The summed E-state index contributed by atoms with van der Waals surface area (Å²) in [6.45, 7) is 2.40. The molecule has 0 radical (unpaired) electrons. The van der Waals surface area contributed by atoms with Gasteiger partial charge >= 0.3 is 0 Å². The molecule has 0 bridgehead atoms. The molecule has 0 unspecified atom stereocenters. The first-order valence-electron chi connectivity index (χ1n) is 5.92. The third kappa shape index (κ3) is 3.78. The number of nitrogens with zero attached hydrogens (tertiary/aromatic N) is 2. The zero-order valence-electron chi connectivity index (χ0n) is 10.6. The molecule has 2 rings (SSSR count). The van der Waals surface area contributed by atoms with Gasteiger partial charge in [-0.25, -0.2) is 4.68 Å². The molecule has 0 atom stereocenters. The third-order valence-corrected chi connectivity index (χ3v) is 3.40. The lowest BCUT2D eigenvalue weighted by atomic mass is 10.4. The molecule has 0 aliphatic heterocycles. The van der Waals surface area contributed by atoms with Crippen molar-refractivity contribution in [3.05, 3.63) is 50.1 Å². The first-order chi connectivity index (χ1) is 9.19. The lowest BCUT2D eigenvalue weighted by Crippen LogP contribution is -2.22. The van der Waals surface area contributed by atoms with E-state index >= 15 is 0 Å².